The van der Waals surface area contributed by atoms with Crippen LogP contribution < -0.4 is 9.47 Å². The van der Waals surface area contributed by atoms with E-state index >= 15 is 0 Å². The fraction of sp³-hybridized carbons (Fsp3) is 0.538. The molecule has 2 aromatic carbocycles. The third-order valence-electron chi connectivity index (χ3n) is 9.74. The number of aliphatic hydroxyl groups excluding tert-OH is 4. The van der Waals surface area contributed by atoms with Crippen LogP contribution in [-0.4, -0.2) is 137 Å². The van der Waals surface area contributed by atoms with Crippen LogP contribution in [0.2, 0.25) is 0 Å². The van der Waals surface area contributed by atoms with Crippen molar-refractivity contribution in [2.45, 2.75) is 52.9 Å². The zero-order valence-electron chi connectivity index (χ0n) is 31.0. The van der Waals surface area contributed by atoms with Crippen LogP contribution in [-0.2, 0) is 44.3 Å². The van der Waals surface area contributed by atoms with Gasteiger partial charge in [0, 0.05) is 107 Å². The number of hydrogen-bond acceptors (Lipinski definition) is 13. The largest absolute Gasteiger partial charge is 0.496 e. The van der Waals surface area contributed by atoms with Crippen LogP contribution in [0.5, 0.6) is 11.5 Å². The van der Waals surface area contributed by atoms with Crippen molar-refractivity contribution in [3.63, 3.8) is 0 Å². The lowest BCUT2D eigenvalue weighted by Gasteiger charge is -2.35. The standard InChI is InChI=1S/C22H29N3O5.C17H28N2O3/c1-29-21-18(4-5-19(15-26)20(21)16-27)14-25-9-7-24(8-10-25)11-12-30-22(28)17-3-2-6-23-13-17;1-3-6-18-7-9-19(10-8-18)11-14-4-5-15(12-20)16(13-21)17(14)22-2/h2-6,13,26-27H,7-12,14-16H2,1H3;4-5,20-21H,3,6-13H2,1-2H3. The Kier molecular flexibility index (Phi) is 17.2. The fourth-order valence-corrected chi connectivity index (χ4v) is 6.81. The molecular formula is C39H57N5O8. The molecule has 0 bridgehead atoms. The number of ether oxygens (including phenoxy) is 3. The highest BCUT2D eigenvalue weighted by Gasteiger charge is 2.22. The third kappa shape index (κ3) is 11.4. The van der Waals surface area contributed by atoms with E-state index in [9.17, 15) is 25.2 Å². The molecule has 5 rings (SSSR count). The van der Waals surface area contributed by atoms with Gasteiger partial charge in [-0.1, -0.05) is 31.2 Å². The molecule has 2 fully saturated rings. The van der Waals surface area contributed by atoms with Crippen molar-refractivity contribution in [1.82, 2.24) is 24.6 Å². The average molecular weight is 724 g/mol. The summed E-state index contributed by atoms with van der Waals surface area (Å²) in [5.41, 5.74) is 5.30. The maximum absolute atomic E-state index is 12.0. The molecule has 3 heterocycles. The monoisotopic (exact) mass is 723 g/mol. The molecule has 0 radical (unpaired) electrons. The lowest BCUT2D eigenvalue weighted by Crippen LogP contribution is -2.46. The summed E-state index contributed by atoms with van der Waals surface area (Å²) in [6.07, 6.45) is 4.33. The number of hydrogen-bond donors (Lipinski definition) is 4. The molecule has 286 valence electrons. The lowest BCUT2D eigenvalue weighted by atomic mass is 10.0. The predicted octanol–water partition coefficient (Wildman–Crippen LogP) is 2.26. The number of benzene rings is 2. The van der Waals surface area contributed by atoms with E-state index in [-0.39, 0.29) is 32.4 Å². The number of nitrogens with zero attached hydrogens (tertiary/aromatic N) is 5. The zero-order chi connectivity index (χ0) is 37.3. The molecule has 4 N–H and O–H groups in total. The number of aliphatic hydroxyl groups is 4. The van der Waals surface area contributed by atoms with Gasteiger partial charge in [-0.25, -0.2) is 4.79 Å². The Hall–Kier alpha value is -3.66. The predicted molar refractivity (Wildman–Crippen MR) is 198 cm³/mol. The van der Waals surface area contributed by atoms with Gasteiger partial charge < -0.3 is 39.5 Å². The van der Waals surface area contributed by atoms with Gasteiger partial charge in [0.05, 0.1) is 46.2 Å². The topological polar surface area (TPSA) is 152 Å². The van der Waals surface area contributed by atoms with Crippen LogP contribution in [0.25, 0.3) is 0 Å². The first-order valence-corrected chi connectivity index (χ1v) is 18.1. The SMILES string of the molecule is CCCN1CCN(Cc2ccc(CO)c(CO)c2OC)CC1.COc1c(CN2CCN(CCOC(=O)c3cccnc3)CC2)ccc(CO)c1CO. The number of methoxy groups -OCH3 is 2. The van der Waals surface area contributed by atoms with Crippen LogP contribution >= 0.6 is 0 Å². The number of aromatic nitrogens is 1. The van der Waals surface area contributed by atoms with Crippen molar-refractivity contribution in [2.24, 2.45) is 0 Å². The molecule has 0 unspecified atom stereocenters. The van der Waals surface area contributed by atoms with Gasteiger partial charge in [-0.2, -0.15) is 0 Å². The zero-order valence-corrected chi connectivity index (χ0v) is 31.0. The molecule has 13 nitrogen and oxygen atoms in total. The summed E-state index contributed by atoms with van der Waals surface area (Å²) in [4.78, 5) is 25.4. The van der Waals surface area contributed by atoms with Crippen molar-refractivity contribution >= 4 is 5.97 Å². The first kappa shape index (κ1) is 41.1. The van der Waals surface area contributed by atoms with E-state index in [2.05, 4.69) is 31.5 Å². The molecule has 13 heteroatoms. The summed E-state index contributed by atoms with van der Waals surface area (Å²) in [5.74, 6) is 1.01. The second kappa shape index (κ2) is 21.8. The van der Waals surface area contributed by atoms with Gasteiger partial charge in [-0.3, -0.25) is 19.7 Å². The summed E-state index contributed by atoms with van der Waals surface area (Å²) in [6, 6.07) is 11.1. The second-order valence-electron chi connectivity index (χ2n) is 13.0. The Labute approximate surface area is 308 Å². The lowest BCUT2D eigenvalue weighted by molar-refractivity contribution is 0.0418. The summed E-state index contributed by atoms with van der Waals surface area (Å²) in [6.45, 7) is 13.4. The van der Waals surface area contributed by atoms with E-state index in [1.165, 1.54) is 19.2 Å². The number of rotatable bonds is 16. The molecule has 0 amide bonds. The molecule has 3 aromatic rings. The number of esters is 1. The molecule has 2 saturated heterocycles. The minimum Gasteiger partial charge on any atom is -0.496 e. The quantitative estimate of drug-likeness (QED) is 0.160. The van der Waals surface area contributed by atoms with Crippen molar-refractivity contribution in [3.05, 3.63) is 87.7 Å². The van der Waals surface area contributed by atoms with E-state index in [1.807, 2.05) is 24.3 Å². The van der Waals surface area contributed by atoms with Gasteiger partial charge >= 0.3 is 5.97 Å². The summed E-state index contributed by atoms with van der Waals surface area (Å²) < 4.78 is 16.4. The molecule has 52 heavy (non-hydrogen) atoms. The van der Waals surface area contributed by atoms with Crippen LogP contribution in [0, 0.1) is 0 Å². The number of piperazine rings is 2. The molecular weight excluding hydrogens is 666 g/mol. The molecule has 0 atom stereocenters. The Morgan fingerprint density at radius 1 is 0.654 bits per heavy atom. The number of carbonyl (C=O) groups excluding carboxylic acids is 1. The van der Waals surface area contributed by atoms with Crippen LogP contribution in [0.3, 0.4) is 0 Å². The van der Waals surface area contributed by atoms with Crippen molar-refractivity contribution in [2.75, 3.05) is 86.3 Å². The number of carbonyl (C=O) groups is 1. The fourth-order valence-electron chi connectivity index (χ4n) is 6.81. The van der Waals surface area contributed by atoms with E-state index in [0.29, 0.717) is 53.4 Å². The molecule has 1 aromatic heterocycles. The van der Waals surface area contributed by atoms with E-state index < -0.39 is 0 Å². The van der Waals surface area contributed by atoms with Crippen molar-refractivity contribution in [3.8, 4) is 11.5 Å². The maximum Gasteiger partial charge on any atom is 0.339 e. The van der Waals surface area contributed by atoms with Crippen LogP contribution in [0.15, 0.2) is 48.8 Å². The van der Waals surface area contributed by atoms with Crippen molar-refractivity contribution in [1.29, 1.82) is 0 Å². The molecule has 2 aliphatic rings. The van der Waals surface area contributed by atoms with Gasteiger partial charge in [0.15, 0.2) is 0 Å². The molecule has 0 aliphatic carbocycles. The van der Waals surface area contributed by atoms with Gasteiger partial charge in [0.2, 0.25) is 0 Å². The minimum absolute atomic E-state index is 0.0811. The Bertz CT molecular complexity index is 1510. The second-order valence-corrected chi connectivity index (χ2v) is 13.0. The van der Waals surface area contributed by atoms with E-state index in [0.717, 1.165) is 75.6 Å². The normalized spacial score (nSPS) is 15.9. The summed E-state index contributed by atoms with van der Waals surface area (Å²) >= 11 is 0. The first-order chi connectivity index (χ1) is 25.4. The summed E-state index contributed by atoms with van der Waals surface area (Å²) in [5, 5.41) is 38.1. The van der Waals surface area contributed by atoms with Gasteiger partial charge in [-0.05, 0) is 36.2 Å². The maximum atomic E-state index is 12.0. The minimum atomic E-state index is -0.347. The Morgan fingerprint density at radius 3 is 1.52 bits per heavy atom. The third-order valence-corrected chi connectivity index (χ3v) is 9.74. The Balaban J connectivity index is 0.000000244. The smallest absolute Gasteiger partial charge is 0.339 e. The Morgan fingerprint density at radius 2 is 1.12 bits per heavy atom. The van der Waals surface area contributed by atoms with Crippen molar-refractivity contribution < 1.29 is 39.4 Å². The highest BCUT2D eigenvalue weighted by atomic mass is 16.5. The van der Waals surface area contributed by atoms with Gasteiger partial charge in [0.1, 0.15) is 18.1 Å². The van der Waals surface area contributed by atoms with Gasteiger partial charge in [0.25, 0.3) is 0 Å². The molecule has 0 saturated carbocycles. The highest BCUT2D eigenvalue weighted by Crippen LogP contribution is 2.30. The highest BCUT2D eigenvalue weighted by molar-refractivity contribution is 5.88. The van der Waals surface area contributed by atoms with E-state index in [1.54, 1.807) is 32.5 Å². The number of pyridine rings is 1. The van der Waals surface area contributed by atoms with Crippen LogP contribution in [0.4, 0.5) is 0 Å². The van der Waals surface area contributed by atoms with Crippen LogP contribution in [0.1, 0.15) is 57.1 Å². The summed E-state index contributed by atoms with van der Waals surface area (Å²) in [7, 11) is 3.21. The molecule has 0 spiro atoms. The van der Waals surface area contributed by atoms with E-state index in [4.69, 9.17) is 14.2 Å². The van der Waals surface area contributed by atoms with Gasteiger partial charge in [-0.15, -0.1) is 0 Å². The first-order valence-electron chi connectivity index (χ1n) is 18.1. The molecule has 2 aliphatic heterocycles. The average Bonchev–Trinajstić information content (AvgIpc) is 3.19.